The SMILES string of the molecule is CC(S)OCCCCCS. The van der Waals surface area contributed by atoms with E-state index in [0.29, 0.717) is 0 Å². The van der Waals surface area contributed by atoms with Gasteiger partial charge in [-0.2, -0.15) is 12.6 Å². The maximum Gasteiger partial charge on any atom is 0.0971 e. The predicted octanol–water partition coefficient (Wildman–Crippen LogP) is 2.38. The molecule has 0 aliphatic heterocycles. The van der Waals surface area contributed by atoms with Crippen LogP contribution in [0.5, 0.6) is 0 Å². The molecule has 1 unspecified atom stereocenters. The molecule has 1 atom stereocenters. The van der Waals surface area contributed by atoms with Gasteiger partial charge >= 0.3 is 0 Å². The zero-order valence-electron chi connectivity index (χ0n) is 6.42. The molecular formula is C7H16OS2. The summed E-state index contributed by atoms with van der Waals surface area (Å²) in [5.74, 6) is 0.983. The molecule has 0 radical (unpaired) electrons. The highest BCUT2D eigenvalue weighted by Crippen LogP contribution is 2.00. The minimum atomic E-state index is 0.0796. The zero-order valence-corrected chi connectivity index (χ0v) is 8.20. The van der Waals surface area contributed by atoms with Gasteiger partial charge < -0.3 is 4.74 Å². The van der Waals surface area contributed by atoms with Gasteiger partial charge in [-0.15, -0.1) is 12.6 Å². The Morgan fingerprint density at radius 3 is 2.50 bits per heavy atom. The van der Waals surface area contributed by atoms with Crippen molar-refractivity contribution in [3.05, 3.63) is 0 Å². The molecule has 0 spiro atoms. The van der Waals surface area contributed by atoms with Gasteiger partial charge in [0.25, 0.3) is 0 Å². The summed E-state index contributed by atoms with van der Waals surface area (Å²) in [6.45, 7) is 2.76. The van der Waals surface area contributed by atoms with Crippen molar-refractivity contribution in [3.8, 4) is 0 Å². The van der Waals surface area contributed by atoms with E-state index in [1.54, 1.807) is 0 Å². The average molecular weight is 180 g/mol. The molecule has 0 aromatic rings. The fourth-order valence-electron chi connectivity index (χ4n) is 0.645. The van der Waals surface area contributed by atoms with Crippen LogP contribution in [0.4, 0.5) is 0 Å². The summed E-state index contributed by atoms with van der Waals surface area (Å²) in [5, 5.41) is 0. The van der Waals surface area contributed by atoms with Crippen LogP contribution in [0, 0.1) is 0 Å². The highest BCUT2D eigenvalue weighted by atomic mass is 32.1. The van der Waals surface area contributed by atoms with E-state index in [9.17, 15) is 0 Å². The van der Waals surface area contributed by atoms with E-state index < -0.39 is 0 Å². The lowest BCUT2D eigenvalue weighted by Crippen LogP contribution is -2.00. The standard InChI is InChI=1S/C7H16OS2/c1-7(10)8-5-3-2-4-6-9/h7,9-10H,2-6H2,1H3. The smallest absolute Gasteiger partial charge is 0.0971 e. The lowest BCUT2D eigenvalue weighted by molar-refractivity contribution is 0.121. The second kappa shape index (κ2) is 7.76. The van der Waals surface area contributed by atoms with Gasteiger partial charge in [0.1, 0.15) is 0 Å². The van der Waals surface area contributed by atoms with Crippen LogP contribution in [0.2, 0.25) is 0 Å². The van der Waals surface area contributed by atoms with Gasteiger partial charge in [-0.3, -0.25) is 0 Å². The van der Waals surface area contributed by atoms with E-state index in [-0.39, 0.29) is 5.44 Å². The summed E-state index contributed by atoms with van der Waals surface area (Å²) in [7, 11) is 0. The van der Waals surface area contributed by atoms with Crippen LogP contribution in [-0.2, 0) is 4.74 Å². The second-order valence-corrected chi connectivity index (χ2v) is 3.43. The van der Waals surface area contributed by atoms with Gasteiger partial charge in [-0.25, -0.2) is 0 Å². The Hall–Kier alpha value is 0.660. The van der Waals surface area contributed by atoms with E-state index in [2.05, 4.69) is 25.3 Å². The molecule has 0 aliphatic carbocycles. The van der Waals surface area contributed by atoms with Crippen molar-refractivity contribution in [3.63, 3.8) is 0 Å². The number of hydrogen-bond acceptors (Lipinski definition) is 3. The zero-order chi connectivity index (χ0) is 7.82. The Labute approximate surface area is 74.4 Å². The number of hydrogen-bond donors (Lipinski definition) is 2. The first-order valence-corrected chi connectivity index (χ1v) is 4.83. The van der Waals surface area contributed by atoms with Gasteiger partial charge in [0, 0.05) is 6.61 Å². The van der Waals surface area contributed by atoms with Crippen LogP contribution < -0.4 is 0 Å². The van der Waals surface area contributed by atoms with E-state index >= 15 is 0 Å². The fraction of sp³-hybridized carbons (Fsp3) is 1.00. The molecule has 0 saturated carbocycles. The Bertz CT molecular complexity index is 66.6. The Morgan fingerprint density at radius 2 is 2.00 bits per heavy atom. The lowest BCUT2D eigenvalue weighted by Gasteiger charge is -2.05. The minimum absolute atomic E-state index is 0.0796. The topological polar surface area (TPSA) is 9.23 Å². The highest BCUT2D eigenvalue weighted by Gasteiger charge is 1.92. The van der Waals surface area contributed by atoms with E-state index in [0.717, 1.165) is 18.8 Å². The summed E-state index contributed by atoms with van der Waals surface area (Å²) in [6.07, 6.45) is 3.53. The van der Waals surface area contributed by atoms with E-state index in [4.69, 9.17) is 4.74 Å². The van der Waals surface area contributed by atoms with Gasteiger partial charge in [0.2, 0.25) is 0 Å². The summed E-state index contributed by atoms with van der Waals surface area (Å²) < 4.78 is 5.23. The minimum Gasteiger partial charge on any atom is -0.368 e. The fourth-order valence-corrected chi connectivity index (χ4v) is 0.974. The third kappa shape index (κ3) is 8.66. The van der Waals surface area contributed by atoms with Crippen molar-refractivity contribution in [1.29, 1.82) is 0 Å². The van der Waals surface area contributed by atoms with Crippen molar-refractivity contribution < 1.29 is 4.74 Å². The summed E-state index contributed by atoms with van der Waals surface area (Å²) in [6, 6.07) is 0. The van der Waals surface area contributed by atoms with Crippen molar-refractivity contribution >= 4 is 25.3 Å². The molecule has 1 nitrogen and oxygen atoms in total. The maximum atomic E-state index is 5.23. The highest BCUT2D eigenvalue weighted by molar-refractivity contribution is 7.80. The quantitative estimate of drug-likeness (QED) is 0.362. The van der Waals surface area contributed by atoms with Crippen LogP contribution in [0.1, 0.15) is 26.2 Å². The van der Waals surface area contributed by atoms with Crippen molar-refractivity contribution in [2.75, 3.05) is 12.4 Å². The number of thiol groups is 2. The third-order valence-electron chi connectivity index (χ3n) is 1.16. The van der Waals surface area contributed by atoms with E-state index in [1.807, 2.05) is 6.92 Å². The van der Waals surface area contributed by atoms with Crippen LogP contribution in [0.15, 0.2) is 0 Å². The molecule has 0 rings (SSSR count). The monoisotopic (exact) mass is 180 g/mol. The van der Waals surface area contributed by atoms with Gasteiger partial charge in [-0.1, -0.05) is 6.42 Å². The van der Waals surface area contributed by atoms with Gasteiger partial charge in [-0.05, 0) is 25.5 Å². The number of unbranched alkanes of at least 4 members (excludes halogenated alkanes) is 2. The van der Waals surface area contributed by atoms with Crippen LogP contribution in [0.3, 0.4) is 0 Å². The van der Waals surface area contributed by atoms with E-state index in [1.165, 1.54) is 12.8 Å². The molecule has 0 aromatic heterocycles. The number of rotatable bonds is 6. The van der Waals surface area contributed by atoms with Gasteiger partial charge in [0.05, 0.1) is 5.44 Å². The number of ether oxygens (including phenoxy) is 1. The molecule has 0 N–H and O–H groups in total. The van der Waals surface area contributed by atoms with Crippen LogP contribution in [0.25, 0.3) is 0 Å². The molecular weight excluding hydrogens is 164 g/mol. The second-order valence-electron chi connectivity index (χ2n) is 2.25. The largest absolute Gasteiger partial charge is 0.368 e. The third-order valence-corrected chi connectivity index (χ3v) is 1.63. The van der Waals surface area contributed by atoms with Gasteiger partial charge in [0.15, 0.2) is 0 Å². The first kappa shape index (κ1) is 10.7. The molecule has 0 aliphatic rings. The normalized spacial score (nSPS) is 13.5. The van der Waals surface area contributed by atoms with Crippen LogP contribution in [-0.4, -0.2) is 17.8 Å². The molecule has 0 heterocycles. The first-order valence-electron chi connectivity index (χ1n) is 3.68. The van der Waals surface area contributed by atoms with Crippen molar-refractivity contribution in [2.45, 2.75) is 31.6 Å². The van der Waals surface area contributed by atoms with Crippen molar-refractivity contribution in [2.24, 2.45) is 0 Å². The maximum absolute atomic E-state index is 5.23. The van der Waals surface area contributed by atoms with Crippen LogP contribution >= 0.6 is 25.3 Å². The predicted molar refractivity (Wildman–Crippen MR) is 52.1 cm³/mol. The molecule has 0 amide bonds. The molecule has 0 bridgehead atoms. The molecule has 0 fully saturated rings. The Kier molecular flexibility index (Phi) is 8.28. The Morgan fingerprint density at radius 1 is 1.30 bits per heavy atom. The molecule has 0 saturated heterocycles. The Balaban J connectivity index is 2.77. The first-order chi connectivity index (χ1) is 4.77. The molecule has 3 heteroatoms. The summed E-state index contributed by atoms with van der Waals surface area (Å²) in [5.41, 5.74) is 0.0796. The lowest BCUT2D eigenvalue weighted by atomic mass is 10.3. The molecule has 0 aromatic carbocycles. The average Bonchev–Trinajstić information content (AvgIpc) is 1.87. The summed E-state index contributed by atoms with van der Waals surface area (Å²) in [4.78, 5) is 0. The summed E-state index contributed by atoms with van der Waals surface area (Å²) >= 11 is 8.19. The molecule has 10 heavy (non-hydrogen) atoms. The molecule has 62 valence electrons. The van der Waals surface area contributed by atoms with Crippen molar-refractivity contribution in [1.82, 2.24) is 0 Å².